The molecule has 0 aromatic rings. The summed E-state index contributed by atoms with van der Waals surface area (Å²) in [5, 5.41) is 0. The van der Waals surface area contributed by atoms with Crippen LogP contribution < -0.4 is 0 Å². The van der Waals surface area contributed by atoms with Crippen LogP contribution in [-0.2, 0) is 18.1 Å². The highest BCUT2D eigenvalue weighted by atomic mass is 31.2. The highest BCUT2D eigenvalue weighted by molar-refractivity contribution is 7.45. The van der Waals surface area contributed by atoms with Crippen molar-refractivity contribution >= 4 is 17.1 Å². The fourth-order valence-electron chi connectivity index (χ4n) is 10.7. The topological polar surface area (TPSA) is 49.9 Å². The summed E-state index contributed by atoms with van der Waals surface area (Å²) >= 11 is 0. The molecule has 10 heteroatoms. The maximum absolute atomic E-state index is 6.93. The van der Waals surface area contributed by atoms with Crippen molar-refractivity contribution in [3.63, 3.8) is 0 Å². The van der Waals surface area contributed by atoms with E-state index in [-0.39, 0.29) is 27.6 Å². The molecule has 4 rings (SSSR count). The van der Waals surface area contributed by atoms with E-state index >= 15 is 0 Å². The molecular formula is C45H86N4O4P2. The van der Waals surface area contributed by atoms with Gasteiger partial charge in [0.05, 0.1) is 31.8 Å². The molecule has 4 aliphatic rings. The lowest BCUT2D eigenvalue weighted by Crippen LogP contribution is -2.64. The molecule has 4 heterocycles. The van der Waals surface area contributed by atoms with Gasteiger partial charge in [-0.15, -0.1) is 13.2 Å². The zero-order valence-corrected chi connectivity index (χ0v) is 39.6. The van der Waals surface area contributed by atoms with Crippen LogP contribution in [0.4, 0.5) is 0 Å². The SMILES string of the molecule is C=CCN1C(C)(C)CC(N(CC(CC)CCCC)P2OCC3(CO2)COP(N(CC(CC)CCCC)C2CC(C)(C)N(CC=C)C(C)(C)C2)OC3)CC1(C)C. The molecule has 320 valence electrons. The summed E-state index contributed by atoms with van der Waals surface area (Å²) < 4.78 is 33.1. The van der Waals surface area contributed by atoms with E-state index in [0.717, 1.165) is 51.9 Å². The van der Waals surface area contributed by atoms with Crippen LogP contribution in [0.5, 0.6) is 0 Å². The molecule has 2 unspecified atom stereocenters. The zero-order valence-electron chi connectivity index (χ0n) is 37.8. The molecule has 0 bridgehead atoms. The van der Waals surface area contributed by atoms with Crippen LogP contribution in [0.3, 0.4) is 0 Å². The Kier molecular flexibility index (Phi) is 17.8. The minimum Gasteiger partial charge on any atom is -0.321 e. The van der Waals surface area contributed by atoms with Crippen molar-refractivity contribution in [1.29, 1.82) is 0 Å². The summed E-state index contributed by atoms with van der Waals surface area (Å²) in [6.07, 6.45) is 18.4. The van der Waals surface area contributed by atoms with Gasteiger partial charge in [0.25, 0.3) is 17.1 Å². The van der Waals surface area contributed by atoms with Crippen molar-refractivity contribution < 1.29 is 18.1 Å². The number of piperidine rings is 2. The van der Waals surface area contributed by atoms with Gasteiger partial charge in [0.15, 0.2) is 0 Å². The van der Waals surface area contributed by atoms with E-state index in [2.05, 4.69) is 128 Å². The standard InChI is InChI=1S/C45H86N4O4P2/c1-15-21-23-37(19-5)31-46(39-27-41(7,8)48(25-17-3)42(9,10)28-39)54-50-33-45(34-51-54)35-52-55(53-36-45)47(32-38(20-6)24-22-16-2)40-29-43(11,12)49(26-18-4)44(13,14)30-40/h17-18,37-40H,3-4,15-16,19-36H2,1-2,5-14H3. The van der Waals surface area contributed by atoms with E-state index in [1.807, 2.05) is 0 Å². The van der Waals surface area contributed by atoms with E-state index in [9.17, 15) is 0 Å². The van der Waals surface area contributed by atoms with Crippen molar-refractivity contribution in [2.75, 3.05) is 52.6 Å². The number of nitrogens with zero attached hydrogens (tertiary/aromatic N) is 4. The third-order valence-corrected chi connectivity index (χ3v) is 16.9. The predicted molar refractivity (Wildman–Crippen MR) is 236 cm³/mol. The Balaban J connectivity index is 1.50. The average molecular weight is 809 g/mol. The van der Waals surface area contributed by atoms with E-state index < -0.39 is 17.1 Å². The van der Waals surface area contributed by atoms with Gasteiger partial charge in [0.2, 0.25) is 0 Å². The van der Waals surface area contributed by atoms with Crippen LogP contribution in [0.2, 0.25) is 0 Å². The molecule has 4 saturated heterocycles. The number of unbranched alkanes of at least 4 members (excludes halogenated alkanes) is 2. The molecule has 1 spiro atoms. The monoisotopic (exact) mass is 809 g/mol. The molecule has 0 radical (unpaired) electrons. The molecule has 0 aromatic carbocycles. The summed E-state index contributed by atoms with van der Waals surface area (Å²) in [7, 11) is -2.37. The first-order valence-electron chi connectivity index (χ1n) is 22.3. The van der Waals surface area contributed by atoms with Crippen LogP contribution >= 0.6 is 17.1 Å². The molecular weight excluding hydrogens is 722 g/mol. The lowest BCUT2D eigenvalue weighted by Gasteiger charge is -2.58. The summed E-state index contributed by atoms with van der Waals surface area (Å²) in [6, 6.07) is 0.792. The van der Waals surface area contributed by atoms with E-state index in [1.165, 1.54) is 51.4 Å². The van der Waals surface area contributed by atoms with Crippen LogP contribution in [-0.4, -0.2) is 106 Å². The Morgan fingerprint density at radius 3 is 1.15 bits per heavy atom. The van der Waals surface area contributed by atoms with E-state index in [4.69, 9.17) is 18.1 Å². The Hall–Kier alpha value is 0.0200. The van der Waals surface area contributed by atoms with E-state index in [0.29, 0.717) is 50.3 Å². The predicted octanol–water partition coefficient (Wildman–Crippen LogP) is 12.0. The van der Waals surface area contributed by atoms with Crippen molar-refractivity contribution in [1.82, 2.24) is 19.1 Å². The second-order valence-electron chi connectivity index (χ2n) is 20.3. The minimum absolute atomic E-state index is 0.0461. The normalized spacial score (nSPS) is 30.1. The van der Waals surface area contributed by atoms with Crippen LogP contribution in [0.25, 0.3) is 0 Å². The molecule has 0 N–H and O–H groups in total. The van der Waals surface area contributed by atoms with Gasteiger partial charge in [-0.1, -0.05) is 78.4 Å². The highest BCUT2D eigenvalue weighted by Crippen LogP contribution is 2.59. The lowest BCUT2D eigenvalue weighted by molar-refractivity contribution is -0.0827. The van der Waals surface area contributed by atoms with Gasteiger partial charge in [-0.2, -0.15) is 0 Å². The number of hydrogen-bond acceptors (Lipinski definition) is 8. The second kappa shape index (κ2) is 20.5. The minimum atomic E-state index is -1.18. The Morgan fingerprint density at radius 2 is 0.891 bits per heavy atom. The van der Waals surface area contributed by atoms with Gasteiger partial charge in [-0.25, -0.2) is 9.34 Å². The first-order chi connectivity index (χ1) is 25.9. The third-order valence-electron chi connectivity index (χ3n) is 13.7. The molecule has 2 atom stereocenters. The smallest absolute Gasteiger partial charge is 0.259 e. The van der Waals surface area contributed by atoms with Gasteiger partial charge in [-0.3, -0.25) is 9.80 Å². The fourth-order valence-corrected chi connectivity index (χ4v) is 14.5. The number of likely N-dealkylation sites (tertiary alicyclic amines) is 2. The lowest BCUT2D eigenvalue weighted by atomic mass is 9.76. The summed E-state index contributed by atoms with van der Waals surface area (Å²) in [4.78, 5) is 5.30. The van der Waals surface area contributed by atoms with Crippen LogP contribution in [0, 0.1) is 17.3 Å². The molecule has 55 heavy (non-hydrogen) atoms. The summed E-state index contributed by atoms with van der Waals surface area (Å²) in [5.74, 6) is 1.28. The number of hydrogen-bond donors (Lipinski definition) is 0. The van der Waals surface area contributed by atoms with Gasteiger partial charge in [0, 0.05) is 60.4 Å². The van der Waals surface area contributed by atoms with Gasteiger partial charge in [-0.05, 0) is 106 Å². The third kappa shape index (κ3) is 12.1. The second-order valence-corrected chi connectivity index (χ2v) is 23.3. The Morgan fingerprint density at radius 1 is 0.582 bits per heavy atom. The van der Waals surface area contributed by atoms with Gasteiger partial charge < -0.3 is 18.1 Å². The maximum atomic E-state index is 6.93. The van der Waals surface area contributed by atoms with Gasteiger partial charge in [0.1, 0.15) is 0 Å². The van der Waals surface area contributed by atoms with E-state index in [1.54, 1.807) is 0 Å². The molecule has 4 fully saturated rings. The van der Waals surface area contributed by atoms with Gasteiger partial charge >= 0.3 is 0 Å². The zero-order chi connectivity index (χ0) is 40.7. The molecule has 0 saturated carbocycles. The maximum Gasteiger partial charge on any atom is 0.259 e. The number of rotatable bonds is 20. The summed E-state index contributed by atoms with van der Waals surface area (Å²) in [6.45, 7) is 43.3. The first kappa shape index (κ1) is 47.7. The Bertz CT molecular complexity index is 1050. The molecule has 0 aromatic heterocycles. The fraction of sp³-hybridized carbons (Fsp3) is 0.911. The van der Waals surface area contributed by atoms with Crippen molar-refractivity contribution in [3.8, 4) is 0 Å². The van der Waals surface area contributed by atoms with Crippen molar-refractivity contribution in [3.05, 3.63) is 25.3 Å². The quantitative estimate of drug-likeness (QED) is 0.0890. The molecule has 4 aliphatic heterocycles. The molecule has 0 amide bonds. The van der Waals surface area contributed by atoms with Crippen molar-refractivity contribution in [2.45, 2.75) is 194 Å². The van der Waals surface area contributed by atoms with Crippen LogP contribution in [0.15, 0.2) is 25.3 Å². The average Bonchev–Trinajstić information content (AvgIpc) is 3.12. The van der Waals surface area contributed by atoms with Crippen LogP contribution in [0.1, 0.15) is 160 Å². The largest absolute Gasteiger partial charge is 0.321 e. The molecule has 8 nitrogen and oxygen atoms in total. The highest BCUT2D eigenvalue weighted by Gasteiger charge is 2.53. The first-order valence-corrected chi connectivity index (χ1v) is 24.6. The summed E-state index contributed by atoms with van der Waals surface area (Å²) in [5.41, 5.74) is -0.0880. The molecule has 0 aliphatic carbocycles. The Labute approximate surface area is 342 Å². The van der Waals surface area contributed by atoms with Crippen molar-refractivity contribution in [2.24, 2.45) is 17.3 Å².